The zero-order valence-corrected chi connectivity index (χ0v) is 16.1. The second-order valence-corrected chi connectivity index (χ2v) is 7.11. The lowest BCUT2D eigenvalue weighted by Gasteiger charge is -2.22. The molecule has 2 nitrogen and oxygen atoms in total. The summed E-state index contributed by atoms with van der Waals surface area (Å²) >= 11 is 0. The van der Waals surface area contributed by atoms with E-state index < -0.39 is 6.10 Å². The molecule has 0 aromatic heterocycles. The van der Waals surface area contributed by atoms with Gasteiger partial charge in [0.25, 0.3) is 0 Å². The Balaban J connectivity index is 1.88. The normalized spacial score (nSPS) is 11.2. The van der Waals surface area contributed by atoms with Gasteiger partial charge in [-0.15, -0.1) is 0 Å². The summed E-state index contributed by atoms with van der Waals surface area (Å²) in [4.78, 5) is 12.6. The zero-order chi connectivity index (χ0) is 19.3. The lowest BCUT2D eigenvalue weighted by atomic mass is 9.92. The lowest BCUT2D eigenvalue weighted by molar-refractivity contribution is -0.147. The standard InChI is InChI=1S/C26H24O2/c1-2-3-18-25(27)28-26(23-16-8-12-19-10-4-6-14-21(19)23)24-17-9-13-20-11-5-7-15-22(20)24/h4-17,26H,2-3,18H2,1H3. The van der Waals surface area contributed by atoms with Gasteiger partial charge in [-0.3, -0.25) is 4.79 Å². The number of unbranched alkanes of at least 4 members (excludes halogenated alkanes) is 1. The van der Waals surface area contributed by atoms with Crippen LogP contribution in [0.2, 0.25) is 0 Å². The van der Waals surface area contributed by atoms with Gasteiger partial charge in [0.05, 0.1) is 0 Å². The molecule has 4 aromatic carbocycles. The van der Waals surface area contributed by atoms with Gasteiger partial charge < -0.3 is 4.74 Å². The van der Waals surface area contributed by atoms with Crippen molar-refractivity contribution in [1.29, 1.82) is 0 Å². The summed E-state index contributed by atoms with van der Waals surface area (Å²) in [5.41, 5.74) is 2.05. The molecule has 4 aromatic rings. The molecule has 0 radical (unpaired) electrons. The number of ether oxygens (including phenoxy) is 1. The van der Waals surface area contributed by atoms with Crippen LogP contribution in [0.3, 0.4) is 0 Å². The summed E-state index contributed by atoms with van der Waals surface area (Å²) in [7, 11) is 0. The fraction of sp³-hybridized carbons (Fsp3) is 0.192. The van der Waals surface area contributed by atoms with Crippen molar-refractivity contribution in [2.24, 2.45) is 0 Å². The van der Waals surface area contributed by atoms with Gasteiger partial charge in [-0.2, -0.15) is 0 Å². The lowest BCUT2D eigenvalue weighted by Crippen LogP contribution is -2.13. The molecule has 28 heavy (non-hydrogen) atoms. The molecule has 0 aliphatic heterocycles. The Morgan fingerprint density at radius 2 is 1.25 bits per heavy atom. The second kappa shape index (κ2) is 8.26. The Kier molecular flexibility index (Phi) is 5.38. The van der Waals surface area contributed by atoms with E-state index in [-0.39, 0.29) is 5.97 Å². The zero-order valence-electron chi connectivity index (χ0n) is 16.1. The van der Waals surface area contributed by atoms with E-state index >= 15 is 0 Å². The first-order valence-electron chi connectivity index (χ1n) is 9.92. The van der Waals surface area contributed by atoms with Crippen molar-refractivity contribution < 1.29 is 9.53 Å². The van der Waals surface area contributed by atoms with Gasteiger partial charge in [0.2, 0.25) is 0 Å². The predicted octanol–water partition coefficient (Wildman–Crippen LogP) is 6.82. The van der Waals surface area contributed by atoms with Crippen LogP contribution >= 0.6 is 0 Å². The first-order valence-corrected chi connectivity index (χ1v) is 9.92. The summed E-state index contributed by atoms with van der Waals surface area (Å²) in [6, 6.07) is 28.9. The van der Waals surface area contributed by atoms with Crippen LogP contribution in [0.15, 0.2) is 84.9 Å². The van der Waals surface area contributed by atoms with Crippen LogP contribution in [0.25, 0.3) is 21.5 Å². The van der Waals surface area contributed by atoms with Crippen LogP contribution in [-0.2, 0) is 9.53 Å². The molecule has 0 N–H and O–H groups in total. The number of hydrogen-bond donors (Lipinski definition) is 0. The summed E-state index contributed by atoms with van der Waals surface area (Å²) in [5, 5.41) is 4.53. The first kappa shape index (κ1) is 18.2. The van der Waals surface area contributed by atoms with E-state index in [2.05, 4.69) is 55.5 Å². The summed E-state index contributed by atoms with van der Waals surface area (Å²) in [5.74, 6) is -0.146. The molecule has 2 heteroatoms. The number of carbonyl (C=O) groups excluding carboxylic acids is 1. The summed E-state index contributed by atoms with van der Waals surface area (Å²) < 4.78 is 6.10. The third-order valence-corrected chi connectivity index (χ3v) is 5.20. The summed E-state index contributed by atoms with van der Waals surface area (Å²) in [6.07, 6.45) is 1.84. The van der Waals surface area contributed by atoms with E-state index in [4.69, 9.17) is 4.74 Å². The Morgan fingerprint density at radius 1 is 0.750 bits per heavy atom. The average molecular weight is 368 g/mol. The molecule has 0 saturated heterocycles. The third-order valence-electron chi connectivity index (χ3n) is 5.20. The van der Waals surface area contributed by atoms with Gasteiger partial charge in [0.15, 0.2) is 6.10 Å². The largest absolute Gasteiger partial charge is 0.452 e. The molecule has 4 rings (SSSR count). The van der Waals surface area contributed by atoms with Gasteiger partial charge in [-0.25, -0.2) is 0 Å². The van der Waals surface area contributed by atoms with Gasteiger partial charge in [0.1, 0.15) is 0 Å². The third kappa shape index (κ3) is 3.63. The predicted molar refractivity (Wildman–Crippen MR) is 115 cm³/mol. The van der Waals surface area contributed by atoms with Gasteiger partial charge in [0, 0.05) is 17.5 Å². The smallest absolute Gasteiger partial charge is 0.306 e. The Morgan fingerprint density at radius 3 is 1.79 bits per heavy atom. The monoisotopic (exact) mass is 368 g/mol. The van der Waals surface area contributed by atoms with Gasteiger partial charge in [-0.1, -0.05) is 98.3 Å². The molecule has 140 valence electrons. The van der Waals surface area contributed by atoms with Crippen molar-refractivity contribution in [3.05, 3.63) is 96.1 Å². The molecule has 0 aliphatic carbocycles. The number of esters is 1. The summed E-state index contributed by atoms with van der Waals surface area (Å²) in [6.45, 7) is 2.08. The minimum atomic E-state index is -0.429. The Bertz CT molecular complexity index is 1020. The van der Waals surface area contributed by atoms with Gasteiger partial charge in [-0.05, 0) is 28.0 Å². The quantitative estimate of drug-likeness (QED) is 0.349. The second-order valence-electron chi connectivity index (χ2n) is 7.11. The van der Waals surface area contributed by atoms with E-state index in [1.54, 1.807) is 0 Å². The van der Waals surface area contributed by atoms with Crippen LogP contribution in [0.1, 0.15) is 43.4 Å². The fourth-order valence-electron chi connectivity index (χ4n) is 3.76. The van der Waals surface area contributed by atoms with Crippen molar-refractivity contribution in [2.45, 2.75) is 32.3 Å². The highest BCUT2D eigenvalue weighted by Gasteiger charge is 2.22. The van der Waals surface area contributed by atoms with Crippen LogP contribution < -0.4 is 0 Å². The maximum absolute atomic E-state index is 12.6. The van der Waals surface area contributed by atoms with Crippen molar-refractivity contribution in [2.75, 3.05) is 0 Å². The number of carbonyl (C=O) groups is 1. The molecular formula is C26H24O2. The highest BCUT2D eigenvalue weighted by atomic mass is 16.5. The SMILES string of the molecule is CCCCC(=O)OC(c1cccc2ccccc12)c1cccc2ccccc12. The van der Waals surface area contributed by atoms with Crippen molar-refractivity contribution >= 4 is 27.5 Å². The van der Waals surface area contributed by atoms with E-state index in [1.807, 2.05) is 36.4 Å². The molecular weight excluding hydrogens is 344 g/mol. The average Bonchev–Trinajstić information content (AvgIpc) is 2.75. The van der Waals surface area contributed by atoms with Crippen LogP contribution in [0, 0.1) is 0 Å². The van der Waals surface area contributed by atoms with Crippen LogP contribution in [0.5, 0.6) is 0 Å². The maximum atomic E-state index is 12.6. The molecule has 0 saturated carbocycles. The highest BCUT2D eigenvalue weighted by Crippen LogP contribution is 2.35. The number of benzene rings is 4. The fourth-order valence-corrected chi connectivity index (χ4v) is 3.76. The molecule has 0 heterocycles. The minimum absolute atomic E-state index is 0.146. The van der Waals surface area contributed by atoms with Crippen LogP contribution in [0.4, 0.5) is 0 Å². The van der Waals surface area contributed by atoms with Crippen LogP contribution in [-0.4, -0.2) is 5.97 Å². The van der Waals surface area contributed by atoms with Crippen molar-refractivity contribution in [3.8, 4) is 0 Å². The Hall–Kier alpha value is -3.13. The van der Waals surface area contributed by atoms with Gasteiger partial charge >= 0.3 is 5.97 Å². The maximum Gasteiger partial charge on any atom is 0.306 e. The number of hydrogen-bond acceptors (Lipinski definition) is 2. The minimum Gasteiger partial charge on any atom is -0.452 e. The topological polar surface area (TPSA) is 26.3 Å². The van der Waals surface area contributed by atoms with E-state index in [0.29, 0.717) is 6.42 Å². The first-order chi connectivity index (χ1) is 13.8. The van der Waals surface area contributed by atoms with Crippen molar-refractivity contribution in [1.82, 2.24) is 0 Å². The molecule has 0 fully saturated rings. The molecule has 0 unspecified atom stereocenters. The van der Waals surface area contributed by atoms with E-state index in [0.717, 1.165) is 45.5 Å². The number of fused-ring (bicyclic) bond motifs is 2. The molecule has 0 aliphatic rings. The molecule has 0 bridgehead atoms. The molecule has 0 amide bonds. The number of rotatable bonds is 6. The molecule has 0 atom stereocenters. The molecule has 0 spiro atoms. The van der Waals surface area contributed by atoms with E-state index in [1.165, 1.54) is 0 Å². The van der Waals surface area contributed by atoms with E-state index in [9.17, 15) is 4.79 Å². The highest BCUT2D eigenvalue weighted by molar-refractivity contribution is 5.90. The van der Waals surface area contributed by atoms with Crippen molar-refractivity contribution in [3.63, 3.8) is 0 Å². The Labute approximate surface area is 165 Å².